The van der Waals surface area contributed by atoms with Gasteiger partial charge in [-0.3, -0.25) is 4.79 Å². The normalized spacial score (nSPS) is 19.5. The Labute approximate surface area is 179 Å². The van der Waals surface area contributed by atoms with Crippen LogP contribution in [-0.4, -0.2) is 16.5 Å². The molecule has 2 aromatic carbocycles. The zero-order chi connectivity index (χ0) is 20.7. The van der Waals surface area contributed by atoms with Crippen molar-refractivity contribution in [2.24, 2.45) is 17.6 Å². The molecule has 0 amide bonds. The highest BCUT2D eigenvalue weighted by Crippen LogP contribution is 2.34. The first-order valence-corrected chi connectivity index (χ1v) is 10.9. The number of benzene rings is 2. The van der Waals surface area contributed by atoms with Crippen molar-refractivity contribution >= 4 is 33.3 Å². The van der Waals surface area contributed by atoms with Gasteiger partial charge in [0, 0.05) is 27.8 Å². The van der Waals surface area contributed by atoms with Crippen LogP contribution in [0.1, 0.15) is 31.4 Å². The number of halogens is 1. The molecule has 0 bridgehead atoms. The number of furan rings is 1. The highest BCUT2D eigenvalue weighted by molar-refractivity contribution is 6.31. The summed E-state index contributed by atoms with van der Waals surface area (Å²) < 4.78 is 5.95. The lowest BCUT2D eigenvalue weighted by atomic mass is 9.79. The van der Waals surface area contributed by atoms with Crippen molar-refractivity contribution in [1.29, 1.82) is 0 Å². The fourth-order valence-corrected chi connectivity index (χ4v) is 4.89. The lowest BCUT2D eigenvalue weighted by Crippen LogP contribution is -2.23. The number of aromatic nitrogens is 2. The third kappa shape index (κ3) is 3.64. The Hall–Kier alpha value is -2.63. The summed E-state index contributed by atoms with van der Waals surface area (Å²) in [5.41, 5.74) is 7.20. The number of rotatable bonds is 4. The summed E-state index contributed by atoms with van der Waals surface area (Å²) in [7, 11) is 0. The first-order chi connectivity index (χ1) is 14.6. The summed E-state index contributed by atoms with van der Waals surface area (Å²) in [5.74, 6) is 2.78. The van der Waals surface area contributed by atoms with Crippen molar-refractivity contribution in [3.63, 3.8) is 0 Å². The van der Waals surface area contributed by atoms with Gasteiger partial charge in [-0.15, -0.1) is 0 Å². The van der Waals surface area contributed by atoms with Crippen LogP contribution < -0.4 is 11.3 Å². The molecule has 154 valence electrons. The van der Waals surface area contributed by atoms with Gasteiger partial charge in [-0.1, -0.05) is 30.2 Å². The number of fused-ring (bicyclic) bond motifs is 2. The van der Waals surface area contributed by atoms with Crippen molar-refractivity contribution in [2.45, 2.75) is 32.1 Å². The second-order valence-electron chi connectivity index (χ2n) is 8.38. The topological polar surface area (TPSA) is 84.9 Å². The number of aromatic amines is 1. The van der Waals surface area contributed by atoms with Gasteiger partial charge in [0.05, 0.1) is 17.2 Å². The van der Waals surface area contributed by atoms with Crippen LogP contribution in [0.4, 0.5) is 0 Å². The molecule has 6 heteroatoms. The van der Waals surface area contributed by atoms with E-state index < -0.39 is 0 Å². The molecule has 0 radical (unpaired) electrons. The molecule has 4 aromatic rings. The average Bonchev–Trinajstić information content (AvgIpc) is 3.16. The maximum absolute atomic E-state index is 12.5. The standard InChI is InChI=1S/C24H24ClN3O2/c25-18-6-7-21-20(11-18)24(29)28-23(27-21)16-4-5-17-13-30-22(19(17)10-16)9-14-2-1-3-15(8-14)12-26/h4-7,10-11,13-15H,1-3,8-9,12,26H2,(H,27,28,29). The molecule has 3 N–H and O–H groups in total. The zero-order valence-corrected chi connectivity index (χ0v) is 17.4. The zero-order valence-electron chi connectivity index (χ0n) is 16.7. The maximum Gasteiger partial charge on any atom is 0.259 e. The van der Waals surface area contributed by atoms with E-state index in [2.05, 4.69) is 16.0 Å². The molecule has 0 saturated heterocycles. The third-order valence-electron chi connectivity index (χ3n) is 6.32. The van der Waals surface area contributed by atoms with Crippen LogP contribution in [0.3, 0.4) is 0 Å². The minimum absolute atomic E-state index is 0.194. The molecule has 1 saturated carbocycles. The minimum Gasteiger partial charge on any atom is -0.468 e. The highest BCUT2D eigenvalue weighted by atomic mass is 35.5. The Kier molecular flexibility index (Phi) is 5.09. The van der Waals surface area contributed by atoms with Crippen molar-refractivity contribution in [1.82, 2.24) is 9.97 Å². The van der Waals surface area contributed by atoms with Crippen LogP contribution >= 0.6 is 11.6 Å². The third-order valence-corrected chi connectivity index (χ3v) is 6.56. The first kappa shape index (κ1) is 19.3. The maximum atomic E-state index is 12.5. The first-order valence-electron chi connectivity index (χ1n) is 10.5. The Morgan fingerprint density at radius 1 is 1.13 bits per heavy atom. The number of nitrogens with two attached hydrogens (primary N) is 1. The SMILES string of the molecule is NCC1CCCC(Cc2occ3ccc(-c4nc5ccc(Cl)cc5c(=O)[nH]4)cc23)C1. The van der Waals surface area contributed by atoms with Crippen molar-refractivity contribution in [2.75, 3.05) is 6.54 Å². The summed E-state index contributed by atoms with van der Waals surface area (Å²) in [6, 6.07) is 11.2. The largest absolute Gasteiger partial charge is 0.468 e. The quantitative estimate of drug-likeness (QED) is 0.468. The second-order valence-corrected chi connectivity index (χ2v) is 8.81. The molecule has 1 aliphatic carbocycles. The molecule has 1 aliphatic rings. The van der Waals surface area contributed by atoms with E-state index in [1.54, 1.807) is 18.2 Å². The summed E-state index contributed by atoms with van der Waals surface area (Å²) >= 11 is 6.02. The van der Waals surface area contributed by atoms with E-state index in [4.69, 9.17) is 21.8 Å². The number of H-pyrrole nitrogens is 1. The van der Waals surface area contributed by atoms with Gasteiger partial charge in [0.25, 0.3) is 5.56 Å². The van der Waals surface area contributed by atoms with Gasteiger partial charge in [0.15, 0.2) is 0 Å². The van der Waals surface area contributed by atoms with Crippen LogP contribution in [0.15, 0.2) is 51.9 Å². The monoisotopic (exact) mass is 421 g/mol. The van der Waals surface area contributed by atoms with Crippen LogP contribution in [0.25, 0.3) is 33.1 Å². The van der Waals surface area contributed by atoms with Crippen LogP contribution in [-0.2, 0) is 6.42 Å². The predicted molar refractivity (Wildman–Crippen MR) is 121 cm³/mol. The summed E-state index contributed by atoms with van der Waals surface area (Å²) in [6.45, 7) is 0.770. The lowest BCUT2D eigenvalue weighted by molar-refractivity contribution is 0.261. The number of nitrogens with zero attached hydrogens (tertiary/aromatic N) is 1. The fourth-order valence-electron chi connectivity index (χ4n) is 4.72. The van der Waals surface area contributed by atoms with E-state index in [-0.39, 0.29) is 5.56 Å². The molecule has 5 nitrogen and oxygen atoms in total. The predicted octanol–water partition coefficient (Wildman–Crippen LogP) is 5.30. The van der Waals surface area contributed by atoms with Gasteiger partial charge >= 0.3 is 0 Å². The molecule has 0 aliphatic heterocycles. The molecule has 5 rings (SSSR count). The molecule has 2 atom stereocenters. The van der Waals surface area contributed by atoms with Crippen LogP contribution in [0.2, 0.25) is 5.02 Å². The van der Waals surface area contributed by atoms with E-state index in [1.807, 2.05) is 18.4 Å². The van der Waals surface area contributed by atoms with E-state index in [9.17, 15) is 4.79 Å². The summed E-state index contributed by atoms with van der Waals surface area (Å²) in [5, 5.41) is 3.16. The van der Waals surface area contributed by atoms with Crippen LogP contribution in [0.5, 0.6) is 0 Å². The Bertz CT molecular complexity index is 1280. The van der Waals surface area contributed by atoms with E-state index in [0.717, 1.165) is 35.1 Å². The van der Waals surface area contributed by atoms with Gasteiger partial charge in [0.1, 0.15) is 11.6 Å². The molecule has 2 aromatic heterocycles. The van der Waals surface area contributed by atoms with Crippen molar-refractivity contribution < 1.29 is 4.42 Å². The fraction of sp³-hybridized carbons (Fsp3) is 0.333. The minimum atomic E-state index is -0.194. The lowest BCUT2D eigenvalue weighted by Gasteiger charge is -2.27. The highest BCUT2D eigenvalue weighted by Gasteiger charge is 2.23. The summed E-state index contributed by atoms with van der Waals surface area (Å²) in [4.78, 5) is 20.1. The van der Waals surface area contributed by atoms with Gasteiger partial charge < -0.3 is 15.1 Å². The van der Waals surface area contributed by atoms with Gasteiger partial charge in [-0.2, -0.15) is 0 Å². The number of hydrogen-bond donors (Lipinski definition) is 2. The molecule has 2 heterocycles. The van der Waals surface area contributed by atoms with Crippen molar-refractivity contribution in [3.8, 4) is 11.4 Å². The van der Waals surface area contributed by atoms with Gasteiger partial charge in [-0.05, 0) is 61.9 Å². The van der Waals surface area contributed by atoms with Crippen LogP contribution in [0, 0.1) is 11.8 Å². The molecule has 0 spiro atoms. The number of nitrogens with one attached hydrogen (secondary N) is 1. The second kappa shape index (κ2) is 7.89. The van der Waals surface area contributed by atoms with E-state index >= 15 is 0 Å². The molecule has 30 heavy (non-hydrogen) atoms. The average molecular weight is 422 g/mol. The van der Waals surface area contributed by atoms with E-state index in [1.165, 1.54) is 25.7 Å². The van der Waals surface area contributed by atoms with E-state index in [0.29, 0.717) is 33.6 Å². The molecule has 2 unspecified atom stereocenters. The van der Waals surface area contributed by atoms with Gasteiger partial charge in [0.2, 0.25) is 0 Å². The molecular weight excluding hydrogens is 398 g/mol. The smallest absolute Gasteiger partial charge is 0.259 e. The Morgan fingerprint density at radius 2 is 2.00 bits per heavy atom. The summed E-state index contributed by atoms with van der Waals surface area (Å²) in [6.07, 6.45) is 7.60. The van der Waals surface area contributed by atoms with Gasteiger partial charge in [-0.25, -0.2) is 4.98 Å². The number of hydrogen-bond acceptors (Lipinski definition) is 4. The van der Waals surface area contributed by atoms with Crippen molar-refractivity contribution in [3.05, 3.63) is 63.8 Å². The Balaban J connectivity index is 1.51. The molecular formula is C24H24ClN3O2. The molecule has 1 fully saturated rings. The Morgan fingerprint density at radius 3 is 2.87 bits per heavy atom.